The number of thioether (sulfide) groups is 1. The molecule has 1 N–H and O–H groups in total. The van der Waals surface area contributed by atoms with Crippen LogP contribution >= 0.6 is 27.7 Å². The van der Waals surface area contributed by atoms with E-state index in [1.165, 1.54) is 10.0 Å². The molecule has 1 nitrogen and oxygen atoms in total. The van der Waals surface area contributed by atoms with Gasteiger partial charge >= 0.3 is 0 Å². The van der Waals surface area contributed by atoms with E-state index in [1.807, 2.05) is 17.8 Å². The van der Waals surface area contributed by atoms with Gasteiger partial charge in [0.2, 0.25) is 0 Å². The molecule has 0 aliphatic carbocycles. The molecule has 1 aromatic rings. The minimum atomic E-state index is 0.415. The smallest absolute Gasteiger partial charge is 0.0303 e. The summed E-state index contributed by atoms with van der Waals surface area (Å²) < 4.78 is 1.18. The Morgan fingerprint density at radius 3 is 2.79 bits per heavy atom. The molecule has 3 heteroatoms. The third-order valence-corrected chi connectivity index (χ3v) is 3.46. The predicted octanol–water partition coefficient (Wildman–Crippen LogP) is 3.46. The Labute approximate surface area is 98.8 Å². The van der Waals surface area contributed by atoms with Gasteiger partial charge in [0.15, 0.2) is 0 Å². The van der Waals surface area contributed by atoms with Crippen LogP contribution in [0.4, 0.5) is 0 Å². The summed E-state index contributed by atoms with van der Waals surface area (Å²) in [5.41, 5.74) is 1.33. The molecule has 0 aliphatic rings. The van der Waals surface area contributed by atoms with Gasteiger partial charge in [0.05, 0.1) is 0 Å². The van der Waals surface area contributed by atoms with E-state index in [2.05, 4.69) is 52.6 Å². The number of halogens is 1. The van der Waals surface area contributed by atoms with E-state index >= 15 is 0 Å². The SMILES string of the molecule is CSCCN[C@@H](C)c1ccccc1Br. The molecule has 0 aromatic heterocycles. The van der Waals surface area contributed by atoms with Crippen LogP contribution in [0.2, 0.25) is 0 Å². The summed E-state index contributed by atoms with van der Waals surface area (Å²) in [5, 5.41) is 3.49. The van der Waals surface area contributed by atoms with Gasteiger partial charge in [0, 0.05) is 22.8 Å². The minimum absolute atomic E-state index is 0.415. The van der Waals surface area contributed by atoms with E-state index in [0.29, 0.717) is 6.04 Å². The normalized spacial score (nSPS) is 12.8. The minimum Gasteiger partial charge on any atom is -0.309 e. The van der Waals surface area contributed by atoms with Gasteiger partial charge in [-0.2, -0.15) is 11.8 Å². The molecular formula is C11H16BrNS. The molecular weight excluding hydrogens is 258 g/mol. The highest BCUT2D eigenvalue weighted by molar-refractivity contribution is 9.10. The van der Waals surface area contributed by atoms with Crippen LogP contribution in [0.1, 0.15) is 18.5 Å². The highest BCUT2D eigenvalue weighted by Crippen LogP contribution is 2.22. The molecule has 14 heavy (non-hydrogen) atoms. The second-order valence-corrected chi connectivity index (χ2v) is 5.03. The van der Waals surface area contributed by atoms with Crippen molar-refractivity contribution >= 4 is 27.7 Å². The summed E-state index contributed by atoms with van der Waals surface area (Å²) in [5.74, 6) is 1.16. The standard InChI is InChI=1S/C11H16BrNS/c1-9(13-7-8-14-2)10-5-3-4-6-11(10)12/h3-6,9,13H,7-8H2,1-2H3/t9-/m0/s1. The molecule has 0 spiro atoms. The highest BCUT2D eigenvalue weighted by Gasteiger charge is 2.06. The van der Waals surface area contributed by atoms with Crippen LogP contribution < -0.4 is 5.32 Å². The molecule has 1 atom stereocenters. The molecule has 0 saturated carbocycles. The molecule has 0 aliphatic heterocycles. The van der Waals surface area contributed by atoms with Crippen molar-refractivity contribution in [2.24, 2.45) is 0 Å². The highest BCUT2D eigenvalue weighted by atomic mass is 79.9. The van der Waals surface area contributed by atoms with Crippen LogP contribution in [0.3, 0.4) is 0 Å². The van der Waals surface area contributed by atoms with Crippen LogP contribution in [-0.4, -0.2) is 18.6 Å². The maximum atomic E-state index is 3.56. The van der Waals surface area contributed by atoms with Gasteiger partial charge in [-0.15, -0.1) is 0 Å². The van der Waals surface area contributed by atoms with Crippen LogP contribution in [0, 0.1) is 0 Å². The van der Waals surface area contributed by atoms with Gasteiger partial charge < -0.3 is 5.32 Å². The van der Waals surface area contributed by atoms with Crippen molar-refractivity contribution in [3.8, 4) is 0 Å². The molecule has 78 valence electrons. The van der Waals surface area contributed by atoms with Gasteiger partial charge in [-0.3, -0.25) is 0 Å². The van der Waals surface area contributed by atoms with Crippen molar-refractivity contribution < 1.29 is 0 Å². The predicted molar refractivity (Wildman–Crippen MR) is 68.9 cm³/mol. The molecule has 0 saturated heterocycles. The number of hydrogen-bond donors (Lipinski definition) is 1. The zero-order valence-electron chi connectivity index (χ0n) is 8.59. The third-order valence-electron chi connectivity index (χ3n) is 2.13. The summed E-state index contributed by atoms with van der Waals surface area (Å²) in [6.45, 7) is 3.25. The van der Waals surface area contributed by atoms with Crippen molar-refractivity contribution in [1.29, 1.82) is 0 Å². The first-order valence-electron chi connectivity index (χ1n) is 4.72. The zero-order valence-corrected chi connectivity index (χ0v) is 11.0. The van der Waals surface area contributed by atoms with Gasteiger partial charge in [0.25, 0.3) is 0 Å². The fourth-order valence-corrected chi connectivity index (χ4v) is 2.26. The molecule has 1 aromatic carbocycles. The first-order chi connectivity index (χ1) is 6.75. The molecule has 1 rings (SSSR count). The summed E-state index contributed by atoms with van der Waals surface area (Å²) in [6, 6.07) is 8.77. The number of nitrogens with one attached hydrogen (secondary N) is 1. The van der Waals surface area contributed by atoms with Crippen molar-refractivity contribution in [3.63, 3.8) is 0 Å². The molecule has 0 fully saturated rings. The van der Waals surface area contributed by atoms with Crippen LogP contribution in [0.25, 0.3) is 0 Å². The Kier molecular flexibility index (Phi) is 5.60. The van der Waals surface area contributed by atoms with E-state index in [0.717, 1.165) is 12.3 Å². The van der Waals surface area contributed by atoms with Crippen molar-refractivity contribution in [1.82, 2.24) is 5.32 Å². The Morgan fingerprint density at radius 2 is 2.14 bits per heavy atom. The number of benzene rings is 1. The van der Waals surface area contributed by atoms with E-state index < -0.39 is 0 Å². The second-order valence-electron chi connectivity index (χ2n) is 3.19. The van der Waals surface area contributed by atoms with E-state index in [9.17, 15) is 0 Å². The Morgan fingerprint density at radius 1 is 1.43 bits per heavy atom. The first-order valence-corrected chi connectivity index (χ1v) is 6.91. The van der Waals surface area contributed by atoms with Gasteiger partial charge in [0.1, 0.15) is 0 Å². The average molecular weight is 274 g/mol. The topological polar surface area (TPSA) is 12.0 Å². The maximum Gasteiger partial charge on any atom is 0.0303 e. The molecule has 0 heterocycles. The second kappa shape index (κ2) is 6.49. The van der Waals surface area contributed by atoms with E-state index in [-0.39, 0.29) is 0 Å². The summed E-state index contributed by atoms with van der Waals surface area (Å²) >= 11 is 5.43. The summed E-state index contributed by atoms with van der Waals surface area (Å²) in [4.78, 5) is 0. The molecule has 0 radical (unpaired) electrons. The lowest BCUT2D eigenvalue weighted by atomic mass is 10.1. The Hall–Kier alpha value is 0.01000. The van der Waals surface area contributed by atoms with E-state index in [4.69, 9.17) is 0 Å². The van der Waals surface area contributed by atoms with Crippen molar-refractivity contribution in [2.75, 3.05) is 18.6 Å². The monoisotopic (exact) mass is 273 g/mol. The lowest BCUT2D eigenvalue weighted by Crippen LogP contribution is -2.21. The van der Waals surface area contributed by atoms with Crippen molar-refractivity contribution in [3.05, 3.63) is 34.3 Å². The summed E-state index contributed by atoms with van der Waals surface area (Å²) in [6.07, 6.45) is 2.13. The largest absolute Gasteiger partial charge is 0.309 e. The van der Waals surface area contributed by atoms with Gasteiger partial charge in [-0.25, -0.2) is 0 Å². The first kappa shape index (κ1) is 12.1. The van der Waals surface area contributed by atoms with Gasteiger partial charge in [-0.05, 0) is 24.8 Å². The Bertz CT molecular complexity index is 278. The quantitative estimate of drug-likeness (QED) is 0.825. The molecule has 0 amide bonds. The average Bonchev–Trinajstić information content (AvgIpc) is 2.18. The van der Waals surface area contributed by atoms with Crippen LogP contribution in [0.5, 0.6) is 0 Å². The number of hydrogen-bond acceptors (Lipinski definition) is 2. The fourth-order valence-electron chi connectivity index (χ4n) is 1.31. The fraction of sp³-hybridized carbons (Fsp3) is 0.455. The molecule has 0 bridgehead atoms. The summed E-state index contributed by atoms with van der Waals surface area (Å²) in [7, 11) is 0. The maximum absolute atomic E-state index is 3.56. The molecule has 0 unspecified atom stereocenters. The lowest BCUT2D eigenvalue weighted by molar-refractivity contribution is 0.599. The third kappa shape index (κ3) is 3.64. The van der Waals surface area contributed by atoms with E-state index in [1.54, 1.807) is 0 Å². The Balaban J connectivity index is 2.51. The van der Waals surface area contributed by atoms with Crippen molar-refractivity contribution in [2.45, 2.75) is 13.0 Å². The lowest BCUT2D eigenvalue weighted by Gasteiger charge is -2.15. The number of rotatable bonds is 5. The van der Waals surface area contributed by atoms with Gasteiger partial charge in [-0.1, -0.05) is 34.1 Å². The van der Waals surface area contributed by atoms with Crippen LogP contribution in [-0.2, 0) is 0 Å². The zero-order chi connectivity index (χ0) is 10.4. The van der Waals surface area contributed by atoms with Crippen LogP contribution in [0.15, 0.2) is 28.7 Å².